The molecule has 0 spiro atoms. The van der Waals surface area contributed by atoms with Gasteiger partial charge >= 0.3 is 16.4 Å². The minimum atomic E-state index is -4.67. The fraction of sp³-hybridized carbons (Fsp3) is 0.750. The van der Waals surface area contributed by atoms with Crippen LogP contribution >= 0.6 is 0 Å². The van der Waals surface area contributed by atoms with E-state index in [2.05, 4.69) is 11.8 Å². The molecule has 0 bridgehead atoms. The monoisotopic (exact) mass is 311 g/mol. The summed E-state index contributed by atoms with van der Waals surface area (Å²) in [5, 5.41) is 0. The van der Waals surface area contributed by atoms with Crippen molar-refractivity contribution in [3.63, 3.8) is 0 Å². The van der Waals surface area contributed by atoms with Gasteiger partial charge in [0.15, 0.2) is 0 Å². The van der Waals surface area contributed by atoms with E-state index in [1.807, 2.05) is 27.9 Å². The van der Waals surface area contributed by atoms with Crippen molar-refractivity contribution in [2.24, 2.45) is 0 Å². The fourth-order valence-corrected chi connectivity index (χ4v) is 1.37. The van der Waals surface area contributed by atoms with E-state index in [1.54, 1.807) is 0 Å². The minimum Gasteiger partial charge on any atom is -0.463 e. The first-order valence-electron chi connectivity index (χ1n) is 6.23. The van der Waals surface area contributed by atoms with Crippen LogP contribution in [0.1, 0.15) is 33.6 Å². The normalized spacial score (nSPS) is 12.4. The van der Waals surface area contributed by atoms with Crippen molar-refractivity contribution in [1.82, 2.24) is 4.90 Å². The Kier molecular flexibility index (Phi) is 11.5. The Morgan fingerprint density at radius 1 is 1.20 bits per heavy atom. The number of rotatable bonds is 6. The second-order valence-corrected chi connectivity index (χ2v) is 5.20. The smallest absolute Gasteiger partial charge is 0.394 e. The van der Waals surface area contributed by atoms with Crippen molar-refractivity contribution in [2.45, 2.75) is 33.6 Å². The van der Waals surface area contributed by atoms with Gasteiger partial charge in [-0.25, -0.2) is 4.79 Å². The molecule has 0 aliphatic carbocycles. The molecule has 120 valence electrons. The molecule has 0 saturated carbocycles. The zero-order valence-electron chi connectivity index (χ0n) is 12.7. The summed E-state index contributed by atoms with van der Waals surface area (Å²) in [6, 6.07) is 0. The number of ether oxygens (including phenoxy) is 1. The van der Waals surface area contributed by atoms with Gasteiger partial charge in [0, 0.05) is 12.1 Å². The van der Waals surface area contributed by atoms with Crippen LogP contribution in [-0.2, 0) is 19.9 Å². The standard InChI is InChI=1S/C12H23NO2.H2O4S/c1-6-11(8-9-13(4)5)10(3)12(14)15-7-2;1-5(2,3)4/h6-9H2,1-5H3;(H2,1,2,3,4). The van der Waals surface area contributed by atoms with Crippen LogP contribution in [0, 0.1) is 0 Å². The summed E-state index contributed by atoms with van der Waals surface area (Å²) in [6.07, 6.45) is 1.85. The van der Waals surface area contributed by atoms with Crippen molar-refractivity contribution in [1.29, 1.82) is 0 Å². The molecule has 0 aromatic carbocycles. The average Bonchev–Trinajstić information content (AvgIpc) is 2.27. The van der Waals surface area contributed by atoms with Crippen LogP contribution in [0.3, 0.4) is 0 Å². The number of hydrogen-bond acceptors (Lipinski definition) is 5. The van der Waals surface area contributed by atoms with Gasteiger partial charge in [-0.05, 0) is 40.8 Å². The van der Waals surface area contributed by atoms with Crippen molar-refractivity contribution in [2.75, 3.05) is 27.2 Å². The van der Waals surface area contributed by atoms with Gasteiger partial charge in [0.25, 0.3) is 0 Å². The van der Waals surface area contributed by atoms with Gasteiger partial charge < -0.3 is 9.64 Å². The first-order valence-corrected chi connectivity index (χ1v) is 7.62. The van der Waals surface area contributed by atoms with Crippen molar-refractivity contribution >= 4 is 16.4 Å². The van der Waals surface area contributed by atoms with Crippen LogP contribution in [0.25, 0.3) is 0 Å². The lowest BCUT2D eigenvalue weighted by molar-refractivity contribution is -0.138. The summed E-state index contributed by atoms with van der Waals surface area (Å²) in [6.45, 7) is 7.18. The maximum Gasteiger partial charge on any atom is 0.394 e. The largest absolute Gasteiger partial charge is 0.463 e. The van der Waals surface area contributed by atoms with Crippen molar-refractivity contribution in [3.05, 3.63) is 11.1 Å². The second kappa shape index (κ2) is 10.8. The van der Waals surface area contributed by atoms with Crippen molar-refractivity contribution < 1.29 is 27.1 Å². The van der Waals surface area contributed by atoms with Crippen molar-refractivity contribution in [3.8, 4) is 0 Å². The molecule has 8 heteroatoms. The minimum absolute atomic E-state index is 0.173. The number of hydrogen-bond donors (Lipinski definition) is 2. The zero-order valence-corrected chi connectivity index (χ0v) is 13.5. The summed E-state index contributed by atoms with van der Waals surface area (Å²) in [5.41, 5.74) is 1.98. The summed E-state index contributed by atoms with van der Waals surface area (Å²) < 4.78 is 36.6. The highest BCUT2D eigenvalue weighted by atomic mass is 32.3. The van der Waals surface area contributed by atoms with E-state index in [1.165, 1.54) is 5.57 Å². The Hall–Kier alpha value is -0.960. The van der Waals surface area contributed by atoms with Crippen LogP contribution in [0.2, 0.25) is 0 Å². The van der Waals surface area contributed by atoms with Gasteiger partial charge in [-0.2, -0.15) is 8.42 Å². The Bertz CT molecular complexity index is 406. The first kappa shape index (κ1) is 21.3. The molecule has 0 saturated heterocycles. The topological polar surface area (TPSA) is 104 Å². The van der Waals surface area contributed by atoms with Gasteiger partial charge in [0.2, 0.25) is 0 Å². The molecule has 0 amide bonds. The first-order chi connectivity index (χ1) is 9.02. The van der Waals surface area contributed by atoms with Crippen LogP contribution in [0.5, 0.6) is 0 Å². The highest BCUT2D eigenvalue weighted by Crippen LogP contribution is 2.14. The Morgan fingerprint density at radius 3 is 1.95 bits per heavy atom. The average molecular weight is 311 g/mol. The molecule has 0 atom stereocenters. The molecule has 2 N–H and O–H groups in total. The van der Waals surface area contributed by atoms with Crippen LogP contribution in [-0.4, -0.2) is 55.6 Å². The summed E-state index contributed by atoms with van der Waals surface area (Å²) in [7, 11) is -0.597. The molecule has 0 heterocycles. The Labute approximate surface area is 121 Å². The third-order valence-corrected chi connectivity index (χ3v) is 2.40. The van der Waals surface area contributed by atoms with Gasteiger partial charge in [-0.3, -0.25) is 9.11 Å². The molecule has 7 nitrogen and oxygen atoms in total. The summed E-state index contributed by atoms with van der Waals surface area (Å²) in [4.78, 5) is 13.6. The van der Waals surface area contributed by atoms with E-state index in [-0.39, 0.29) is 5.97 Å². The highest BCUT2D eigenvalue weighted by molar-refractivity contribution is 7.79. The lowest BCUT2D eigenvalue weighted by atomic mass is 10.0. The molecule has 0 aromatic rings. The van der Waals surface area contributed by atoms with Crippen LogP contribution in [0.15, 0.2) is 11.1 Å². The quantitative estimate of drug-likeness (QED) is 0.436. The lowest BCUT2D eigenvalue weighted by Crippen LogP contribution is -2.15. The molecule has 20 heavy (non-hydrogen) atoms. The molecule has 0 aliphatic rings. The molecule has 0 aliphatic heterocycles. The van der Waals surface area contributed by atoms with Gasteiger partial charge in [0.05, 0.1) is 6.61 Å². The second-order valence-electron chi connectivity index (χ2n) is 4.30. The molecular weight excluding hydrogens is 286 g/mol. The number of esters is 1. The van der Waals surface area contributed by atoms with Gasteiger partial charge in [-0.1, -0.05) is 12.5 Å². The lowest BCUT2D eigenvalue weighted by Gasteiger charge is -2.13. The predicted octanol–water partition coefficient (Wildman–Crippen LogP) is 1.57. The number of carbonyl (C=O) groups is 1. The van der Waals surface area contributed by atoms with Crippen LogP contribution in [0.4, 0.5) is 0 Å². The van der Waals surface area contributed by atoms with E-state index in [9.17, 15) is 4.79 Å². The van der Waals surface area contributed by atoms with E-state index >= 15 is 0 Å². The van der Waals surface area contributed by atoms with E-state index in [4.69, 9.17) is 22.3 Å². The molecule has 0 radical (unpaired) electrons. The highest BCUT2D eigenvalue weighted by Gasteiger charge is 2.10. The summed E-state index contributed by atoms with van der Waals surface area (Å²) in [5.74, 6) is -0.173. The molecule has 0 unspecified atom stereocenters. The Balaban J connectivity index is 0. The SMILES string of the molecule is CCOC(=O)C(C)=C(CC)CCN(C)C.O=S(=O)(O)O. The third-order valence-electron chi connectivity index (χ3n) is 2.40. The predicted molar refractivity (Wildman–Crippen MR) is 77.0 cm³/mol. The number of nitrogens with zero attached hydrogens (tertiary/aromatic N) is 1. The van der Waals surface area contributed by atoms with E-state index in [0.29, 0.717) is 6.61 Å². The van der Waals surface area contributed by atoms with E-state index in [0.717, 1.165) is 25.0 Å². The third kappa shape index (κ3) is 15.1. The molecule has 0 aromatic heterocycles. The maximum atomic E-state index is 11.5. The number of carbonyl (C=O) groups excluding carboxylic acids is 1. The summed E-state index contributed by atoms with van der Waals surface area (Å²) >= 11 is 0. The maximum absolute atomic E-state index is 11.5. The molecular formula is C12H25NO6S. The van der Waals surface area contributed by atoms with Crippen LogP contribution < -0.4 is 0 Å². The molecule has 0 rings (SSSR count). The fourth-order valence-electron chi connectivity index (χ4n) is 1.37. The van der Waals surface area contributed by atoms with Gasteiger partial charge in [0.1, 0.15) is 0 Å². The van der Waals surface area contributed by atoms with E-state index < -0.39 is 10.4 Å². The Morgan fingerprint density at radius 2 is 1.65 bits per heavy atom. The van der Waals surface area contributed by atoms with Gasteiger partial charge in [-0.15, -0.1) is 0 Å². The zero-order chi connectivity index (χ0) is 16.3. The molecule has 0 fully saturated rings.